The molecule has 4 rings (SSSR count). The van der Waals surface area contributed by atoms with Crippen LogP contribution in [-0.4, -0.2) is 57.7 Å². The molecule has 24 heavy (non-hydrogen) atoms. The van der Waals surface area contributed by atoms with Crippen molar-refractivity contribution in [1.82, 2.24) is 19.7 Å². The van der Waals surface area contributed by atoms with E-state index in [4.69, 9.17) is 9.47 Å². The Bertz CT molecular complexity index is 634. The van der Waals surface area contributed by atoms with Crippen LogP contribution in [0.2, 0.25) is 0 Å². The van der Waals surface area contributed by atoms with Crippen molar-refractivity contribution in [2.75, 3.05) is 26.3 Å². The van der Waals surface area contributed by atoms with Gasteiger partial charge in [0.25, 0.3) is 0 Å². The van der Waals surface area contributed by atoms with E-state index < -0.39 is 0 Å². The van der Waals surface area contributed by atoms with Crippen molar-refractivity contribution >= 4 is 0 Å². The summed E-state index contributed by atoms with van der Waals surface area (Å²) in [6.07, 6.45) is 5.59. The molecule has 6 nitrogen and oxygen atoms in total. The highest BCUT2D eigenvalue weighted by molar-refractivity contribution is 5.14. The van der Waals surface area contributed by atoms with Gasteiger partial charge < -0.3 is 9.47 Å². The second-order valence-corrected chi connectivity index (χ2v) is 6.83. The quantitative estimate of drug-likeness (QED) is 0.855. The largest absolute Gasteiger partial charge is 0.377 e. The third kappa shape index (κ3) is 3.66. The Labute approximate surface area is 142 Å². The summed E-state index contributed by atoms with van der Waals surface area (Å²) in [5, 5.41) is 4.19. The van der Waals surface area contributed by atoms with Gasteiger partial charge in [-0.2, -0.15) is 5.10 Å². The van der Waals surface area contributed by atoms with Gasteiger partial charge in [-0.25, -0.2) is 4.98 Å². The number of nitrogens with zero attached hydrogens (tertiary/aromatic N) is 4. The summed E-state index contributed by atoms with van der Waals surface area (Å²) in [6.45, 7) is 5.05. The van der Waals surface area contributed by atoms with Gasteiger partial charge in [0.2, 0.25) is 0 Å². The standard InChI is InChI=1S/C18H24N4O2/c1-2-4-16(5-3-1)10-21-8-9-23-13-18(12-21)7-6-17(24-18)11-22-15-19-14-20-22/h1-5,14-15,17H,6-13H2/t17-,18-/m0/s1. The smallest absolute Gasteiger partial charge is 0.137 e. The fourth-order valence-corrected chi connectivity index (χ4v) is 3.74. The van der Waals surface area contributed by atoms with E-state index in [9.17, 15) is 0 Å². The number of aromatic nitrogens is 3. The predicted octanol–water partition coefficient (Wildman–Crippen LogP) is 1.73. The molecule has 0 bridgehead atoms. The Kier molecular flexibility index (Phi) is 4.60. The van der Waals surface area contributed by atoms with Gasteiger partial charge in [-0.1, -0.05) is 30.3 Å². The third-order valence-electron chi connectivity index (χ3n) is 4.87. The molecule has 0 N–H and O–H groups in total. The van der Waals surface area contributed by atoms with Crippen LogP contribution in [0.25, 0.3) is 0 Å². The molecule has 6 heteroatoms. The van der Waals surface area contributed by atoms with Gasteiger partial charge in [0.15, 0.2) is 0 Å². The van der Waals surface area contributed by atoms with E-state index in [2.05, 4.69) is 45.3 Å². The maximum atomic E-state index is 6.46. The lowest BCUT2D eigenvalue weighted by molar-refractivity contribution is -0.0905. The fourth-order valence-electron chi connectivity index (χ4n) is 3.74. The molecule has 0 saturated carbocycles. The van der Waals surface area contributed by atoms with E-state index in [1.165, 1.54) is 5.56 Å². The van der Waals surface area contributed by atoms with Gasteiger partial charge in [-0.3, -0.25) is 9.58 Å². The van der Waals surface area contributed by atoms with Crippen molar-refractivity contribution in [1.29, 1.82) is 0 Å². The molecule has 2 aromatic rings. The zero-order valence-corrected chi connectivity index (χ0v) is 13.9. The van der Waals surface area contributed by atoms with Crippen LogP contribution < -0.4 is 0 Å². The first-order valence-electron chi connectivity index (χ1n) is 8.66. The SMILES string of the molecule is c1ccc(CN2CCOC[C@]3(CC[C@@H](Cn4cncn4)O3)C2)cc1. The molecule has 3 heterocycles. The molecule has 0 unspecified atom stereocenters. The Morgan fingerprint density at radius 3 is 3.00 bits per heavy atom. The summed E-state index contributed by atoms with van der Waals surface area (Å²) >= 11 is 0. The average molecular weight is 328 g/mol. The molecule has 0 aliphatic carbocycles. The van der Waals surface area contributed by atoms with Gasteiger partial charge in [0.05, 0.1) is 25.9 Å². The first-order valence-corrected chi connectivity index (χ1v) is 8.66. The van der Waals surface area contributed by atoms with Crippen molar-refractivity contribution in [2.45, 2.75) is 37.6 Å². The van der Waals surface area contributed by atoms with Gasteiger partial charge in [0, 0.05) is 19.6 Å². The molecule has 0 radical (unpaired) electrons. The van der Waals surface area contributed by atoms with Crippen molar-refractivity contribution in [2.24, 2.45) is 0 Å². The van der Waals surface area contributed by atoms with E-state index in [1.807, 2.05) is 4.68 Å². The fraction of sp³-hybridized carbons (Fsp3) is 0.556. The van der Waals surface area contributed by atoms with Crippen molar-refractivity contribution in [3.8, 4) is 0 Å². The summed E-state index contributed by atoms with van der Waals surface area (Å²) < 4.78 is 14.2. The van der Waals surface area contributed by atoms with Crippen LogP contribution >= 0.6 is 0 Å². The van der Waals surface area contributed by atoms with Crippen LogP contribution in [0, 0.1) is 0 Å². The van der Waals surface area contributed by atoms with Crippen molar-refractivity contribution < 1.29 is 9.47 Å². The second kappa shape index (κ2) is 7.01. The summed E-state index contributed by atoms with van der Waals surface area (Å²) in [7, 11) is 0. The Hall–Kier alpha value is -1.76. The first kappa shape index (κ1) is 15.7. The van der Waals surface area contributed by atoms with Crippen LogP contribution in [0.3, 0.4) is 0 Å². The highest BCUT2D eigenvalue weighted by atomic mass is 16.6. The first-order chi connectivity index (χ1) is 11.8. The molecular formula is C18H24N4O2. The summed E-state index contributed by atoms with van der Waals surface area (Å²) in [6, 6.07) is 10.6. The lowest BCUT2D eigenvalue weighted by Gasteiger charge is -2.32. The van der Waals surface area contributed by atoms with E-state index in [1.54, 1.807) is 12.7 Å². The second-order valence-electron chi connectivity index (χ2n) is 6.83. The maximum Gasteiger partial charge on any atom is 0.137 e. The topological polar surface area (TPSA) is 52.4 Å². The Morgan fingerprint density at radius 1 is 1.25 bits per heavy atom. The number of benzene rings is 1. The van der Waals surface area contributed by atoms with Crippen LogP contribution in [0.5, 0.6) is 0 Å². The lowest BCUT2D eigenvalue weighted by Crippen LogP contribution is -2.44. The molecule has 2 saturated heterocycles. The van der Waals surface area contributed by atoms with Gasteiger partial charge in [-0.15, -0.1) is 0 Å². The van der Waals surface area contributed by atoms with Crippen LogP contribution in [0.1, 0.15) is 18.4 Å². The van der Waals surface area contributed by atoms with Crippen LogP contribution in [0.15, 0.2) is 43.0 Å². The summed E-state index contributed by atoms with van der Waals surface area (Å²) in [5.74, 6) is 0. The summed E-state index contributed by atoms with van der Waals surface area (Å²) in [5.41, 5.74) is 1.16. The van der Waals surface area contributed by atoms with Gasteiger partial charge >= 0.3 is 0 Å². The molecule has 2 atom stereocenters. The molecule has 1 aromatic heterocycles. The molecule has 1 aromatic carbocycles. The number of ether oxygens (including phenoxy) is 2. The van der Waals surface area contributed by atoms with Gasteiger partial charge in [0.1, 0.15) is 18.3 Å². The minimum Gasteiger partial charge on any atom is -0.377 e. The molecule has 128 valence electrons. The minimum atomic E-state index is -0.184. The molecular weight excluding hydrogens is 304 g/mol. The number of hydrogen-bond acceptors (Lipinski definition) is 5. The number of hydrogen-bond donors (Lipinski definition) is 0. The van der Waals surface area contributed by atoms with Gasteiger partial charge in [-0.05, 0) is 18.4 Å². The molecule has 2 aliphatic heterocycles. The van der Waals surface area contributed by atoms with Crippen LogP contribution in [0.4, 0.5) is 0 Å². The molecule has 2 aliphatic rings. The highest BCUT2D eigenvalue weighted by Crippen LogP contribution is 2.34. The molecule has 0 amide bonds. The van der Waals surface area contributed by atoms with Crippen molar-refractivity contribution in [3.63, 3.8) is 0 Å². The monoisotopic (exact) mass is 328 g/mol. The Balaban J connectivity index is 1.40. The minimum absolute atomic E-state index is 0.184. The lowest BCUT2D eigenvalue weighted by atomic mass is 10.00. The molecule has 2 fully saturated rings. The highest BCUT2D eigenvalue weighted by Gasteiger charge is 2.43. The normalized spacial score (nSPS) is 28.2. The third-order valence-corrected chi connectivity index (χ3v) is 4.87. The van der Waals surface area contributed by atoms with E-state index in [0.717, 1.165) is 45.6 Å². The average Bonchev–Trinajstić information content (AvgIpc) is 3.19. The molecule has 1 spiro atoms. The zero-order chi connectivity index (χ0) is 16.2. The van der Waals surface area contributed by atoms with E-state index in [0.29, 0.717) is 6.61 Å². The maximum absolute atomic E-state index is 6.46. The summed E-state index contributed by atoms with van der Waals surface area (Å²) in [4.78, 5) is 6.46. The van der Waals surface area contributed by atoms with E-state index in [-0.39, 0.29) is 11.7 Å². The number of rotatable bonds is 4. The zero-order valence-electron chi connectivity index (χ0n) is 13.9. The van der Waals surface area contributed by atoms with Crippen molar-refractivity contribution in [3.05, 3.63) is 48.5 Å². The Morgan fingerprint density at radius 2 is 2.17 bits per heavy atom. The van der Waals surface area contributed by atoms with E-state index >= 15 is 0 Å². The predicted molar refractivity (Wildman–Crippen MR) is 89.4 cm³/mol. The van der Waals surface area contributed by atoms with Crippen LogP contribution in [-0.2, 0) is 22.6 Å².